The SMILES string of the molecule is N[C@@H]1CCCN(P(O)(O)=S)C1. The second-order valence-electron chi connectivity index (χ2n) is 2.83. The number of rotatable bonds is 1. The van der Waals surface area contributed by atoms with E-state index >= 15 is 0 Å². The molecule has 1 heterocycles. The van der Waals surface area contributed by atoms with Crippen molar-refractivity contribution in [3.8, 4) is 0 Å². The topological polar surface area (TPSA) is 69.7 Å². The number of nitrogens with zero attached hydrogens (tertiary/aromatic N) is 1. The van der Waals surface area contributed by atoms with Crippen molar-refractivity contribution < 1.29 is 9.79 Å². The van der Waals surface area contributed by atoms with Gasteiger partial charge in [-0.3, -0.25) is 0 Å². The highest BCUT2D eigenvalue weighted by Crippen LogP contribution is 2.41. The summed E-state index contributed by atoms with van der Waals surface area (Å²) in [5, 5.41) is 0. The summed E-state index contributed by atoms with van der Waals surface area (Å²) in [6.45, 7) is -2.01. The van der Waals surface area contributed by atoms with E-state index in [1.54, 1.807) is 0 Å². The normalized spacial score (nSPS) is 28.8. The second-order valence-corrected chi connectivity index (χ2v) is 5.89. The van der Waals surface area contributed by atoms with E-state index in [-0.39, 0.29) is 6.04 Å². The van der Waals surface area contributed by atoms with E-state index in [9.17, 15) is 0 Å². The molecule has 0 bridgehead atoms. The molecule has 0 saturated carbocycles. The molecule has 1 rings (SSSR count). The Morgan fingerprint density at radius 3 is 2.55 bits per heavy atom. The molecule has 0 radical (unpaired) electrons. The first kappa shape index (κ1) is 9.58. The molecule has 6 heteroatoms. The fourth-order valence-electron chi connectivity index (χ4n) is 1.23. The summed E-state index contributed by atoms with van der Waals surface area (Å²) in [6, 6.07) is 0.0466. The van der Waals surface area contributed by atoms with Crippen molar-refractivity contribution >= 4 is 18.4 Å². The first-order chi connectivity index (χ1) is 5.00. The van der Waals surface area contributed by atoms with E-state index < -0.39 is 6.64 Å². The number of nitrogens with two attached hydrogens (primary N) is 1. The van der Waals surface area contributed by atoms with Crippen molar-refractivity contribution in [2.45, 2.75) is 18.9 Å². The van der Waals surface area contributed by atoms with Crippen molar-refractivity contribution in [3.05, 3.63) is 0 Å². The van der Waals surface area contributed by atoms with Gasteiger partial charge in [0.25, 0.3) is 6.64 Å². The fraction of sp³-hybridized carbons (Fsp3) is 1.00. The molecule has 1 saturated heterocycles. The van der Waals surface area contributed by atoms with Crippen LogP contribution in [0, 0.1) is 0 Å². The number of hydrogen-bond donors (Lipinski definition) is 3. The van der Waals surface area contributed by atoms with Crippen LogP contribution in [0.1, 0.15) is 12.8 Å². The minimum atomic E-state index is -3.19. The second kappa shape index (κ2) is 3.47. The summed E-state index contributed by atoms with van der Waals surface area (Å²) in [7, 11) is 0. The third-order valence-electron chi connectivity index (χ3n) is 1.80. The van der Waals surface area contributed by atoms with E-state index in [1.807, 2.05) is 0 Å². The maximum absolute atomic E-state index is 9.11. The average Bonchev–Trinajstić information content (AvgIpc) is 1.86. The van der Waals surface area contributed by atoms with E-state index in [2.05, 4.69) is 11.8 Å². The van der Waals surface area contributed by atoms with Crippen molar-refractivity contribution in [2.24, 2.45) is 5.73 Å². The first-order valence-corrected chi connectivity index (χ1v) is 6.23. The van der Waals surface area contributed by atoms with Gasteiger partial charge in [0.2, 0.25) is 0 Å². The Balaban J connectivity index is 2.53. The van der Waals surface area contributed by atoms with Crippen LogP contribution in [0.15, 0.2) is 0 Å². The first-order valence-electron chi connectivity index (χ1n) is 3.56. The molecule has 0 aromatic carbocycles. The van der Waals surface area contributed by atoms with Gasteiger partial charge in [0.05, 0.1) is 0 Å². The molecule has 66 valence electrons. The van der Waals surface area contributed by atoms with Gasteiger partial charge in [0.15, 0.2) is 0 Å². The summed E-state index contributed by atoms with van der Waals surface area (Å²) in [5.74, 6) is 0. The lowest BCUT2D eigenvalue weighted by Gasteiger charge is -2.32. The molecule has 11 heavy (non-hydrogen) atoms. The van der Waals surface area contributed by atoms with Gasteiger partial charge in [0.1, 0.15) is 0 Å². The predicted molar refractivity (Wildman–Crippen MR) is 47.5 cm³/mol. The molecule has 0 aromatic rings. The Morgan fingerprint density at radius 1 is 1.55 bits per heavy atom. The molecule has 0 aliphatic carbocycles. The lowest BCUT2D eigenvalue weighted by molar-refractivity contribution is 0.275. The van der Waals surface area contributed by atoms with E-state index in [0.717, 1.165) is 12.8 Å². The lowest BCUT2D eigenvalue weighted by Crippen LogP contribution is -2.40. The van der Waals surface area contributed by atoms with Gasteiger partial charge in [-0.15, -0.1) is 0 Å². The van der Waals surface area contributed by atoms with Gasteiger partial charge < -0.3 is 15.5 Å². The van der Waals surface area contributed by atoms with Gasteiger partial charge in [-0.05, 0) is 24.6 Å². The average molecular weight is 196 g/mol. The van der Waals surface area contributed by atoms with Crippen LogP contribution in [0.2, 0.25) is 0 Å². The highest BCUT2D eigenvalue weighted by atomic mass is 32.5. The summed E-state index contributed by atoms with van der Waals surface area (Å²) in [6.07, 6.45) is 1.85. The lowest BCUT2D eigenvalue weighted by atomic mass is 10.1. The Kier molecular flexibility index (Phi) is 3.02. The van der Waals surface area contributed by atoms with E-state index in [0.29, 0.717) is 13.1 Å². The highest BCUT2D eigenvalue weighted by molar-refractivity contribution is 8.07. The maximum Gasteiger partial charge on any atom is 0.258 e. The van der Waals surface area contributed by atoms with Crippen LogP contribution in [0.25, 0.3) is 0 Å². The molecule has 1 fully saturated rings. The predicted octanol–water partition coefficient (Wildman–Crippen LogP) is -0.381. The molecule has 4 N–H and O–H groups in total. The molecule has 0 unspecified atom stereocenters. The molecule has 1 aliphatic heterocycles. The van der Waals surface area contributed by atoms with E-state index in [1.165, 1.54) is 4.67 Å². The van der Waals surface area contributed by atoms with Crippen molar-refractivity contribution in [1.29, 1.82) is 0 Å². The van der Waals surface area contributed by atoms with Crippen LogP contribution in [0.3, 0.4) is 0 Å². The molecule has 0 amide bonds. The van der Waals surface area contributed by atoms with Gasteiger partial charge in [0, 0.05) is 19.1 Å². The molecule has 1 atom stereocenters. The Bertz CT molecular complexity index is 183. The van der Waals surface area contributed by atoms with Crippen LogP contribution in [0.4, 0.5) is 0 Å². The molecule has 0 aromatic heterocycles. The van der Waals surface area contributed by atoms with Crippen molar-refractivity contribution in [2.75, 3.05) is 13.1 Å². The van der Waals surface area contributed by atoms with Crippen molar-refractivity contribution in [1.82, 2.24) is 4.67 Å². The summed E-state index contributed by atoms with van der Waals surface area (Å²) in [5.41, 5.74) is 5.63. The zero-order valence-corrected chi connectivity index (χ0v) is 7.89. The Morgan fingerprint density at radius 2 is 2.18 bits per heavy atom. The zero-order chi connectivity index (χ0) is 8.48. The standard InChI is InChI=1S/C5H13N2O2PS/c6-5-2-1-3-7(4-5)10(8,9)11/h5H,1-4,6H2,(H2,8,9,11)/t5-/m1/s1. The third-order valence-corrected chi connectivity index (χ3v) is 3.60. The highest BCUT2D eigenvalue weighted by Gasteiger charge is 2.25. The number of hydrogen-bond acceptors (Lipinski definition) is 2. The minimum absolute atomic E-state index is 0.0466. The van der Waals surface area contributed by atoms with Gasteiger partial charge in [-0.2, -0.15) is 0 Å². The van der Waals surface area contributed by atoms with Crippen LogP contribution in [-0.4, -0.2) is 33.6 Å². The van der Waals surface area contributed by atoms with Gasteiger partial charge >= 0.3 is 0 Å². The fourth-order valence-corrected chi connectivity index (χ4v) is 2.50. The van der Waals surface area contributed by atoms with Gasteiger partial charge in [-0.25, -0.2) is 4.67 Å². The monoisotopic (exact) mass is 196 g/mol. The number of piperidine rings is 1. The Hall–Kier alpha value is 0.490. The van der Waals surface area contributed by atoms with Crippen LogP contribution in [0.5, 0.6) is 0 Å². The molecule has 4 nitrogen and oxygen atoms in total. The minimum Gasteiger partial charge on any atom is -0.334 e. The summed E-state index contributed by atoms with van der Waals surface area (Å²) in [4.78, 5) is 18.2. The molecular formula is C5H13N2O2PS. The van der Waals surface area contributed by atoms with Crippen LogP contribution in [-0.2, 0) is 11.8 Å². The summed E-state index contributed by atoms with van der Waals surface area (Å²) >= 11 is 4.55. The van der Waals surface area contributed by atoms with E-state index in [4.69, 9.17) is 15.5 Å². The van der Waals surface area contributed by atoms with Crippen LogP contribution < -0.4 is 5.73 Å². The summed E-state index contributed by atoms with van der Waals surface area (Å²) < 4.78 is 1.51. The quantitative estimate of drug-likeness (QED) is 0.499. The third kappa shape index (κ3) is 2.78. The molecular weight excluding hydrogens is 183 g/mol. The smallest absolute Gasteiger partial charge is 0.258 e. The molecule has 0 spiro atoms. The van der Waals surface area contributed by atoms with Crippen LogP contribution >= 0.6 is 6.64 Å². The van der Waals surface area contributed by atoms with Gasteiger partial charge in [-0.1, -0.05) is 0 Å². The Labute approximate surface area is 71.2 Å². The maximum atomic E-state index is 9.11. The molecule has 1 aliphatic rings. The van der Waals surface area contributed by atoms with Crippen molar-refractivity contribution in [3.63, 3.8) is 0 Å². The largest absolute Gasteiger partial charge is 0.334 e. The zero-order valence-electron chi connectivity index (χ0n) is 6.18.